The number of aromatic amines is 1. The molecular formula is C11H14ClN3O3. The van der Waals surface area contributed by atoms with Gasteiger partial charge in [0.05, 0.1) is 11.0 Å². The predicted octanol–water partition coefficient (Wildman–Crippen LogP) is 0.243. The van der Waals surface area contributed by atoms with Gasteiger partial charge in [-0.25, -0.2) is 4.79 Å². The van der Waals surface area contributed by atoms with Crippen molar-refractivity contribution in [1.29, 1.82) is 0 Å². The Bertz CT molecular complexity index is 632. The van der Waals surface area contributed by atoms with Crippen molar-refractivity contribution in [3.05, 3.63) is 34.2 Å². The minimum atomic E-state index is -1.04. The first-order valence-electron chi connectivity index (χ1n) is 5.15. The molecule has 0 aliphatic carbocycles. The fourth-order valence-electron chi connectivity index (χ4n) is 1.75. The van der Waals surface area contributed by atoms with Gasteiger partial charge in [-0.2, -0.15) is 0 Å². The molecule has 1 aromatic carbocycles. The maximum absolute atomic E-state index is 11.4. The second kappa shape index (κ2) is 5.24. The van der Waals surface area contributed by atoms with Gasteiger partial charge in [0, 0.05) is 7.05 Å². The van der Waals surface area contributed by atoms with E-state index >= 15 is 0 Å². The van der Waals surface area contributed by atoms with Crippen molar-refractivity contribution in [3.63, 3.8) is 0 Å². The molecule has 0 spiro atoms. The highest BCUT2D eigenvalue weighted by atomic mass is 35.5. The number of fused-ring (bicyclic) bond motifs is 1. The number of nitrogens with two attached hydrogens (primary N) is 1. The van der Waals surface area contributed by atoms with Crippen molar-refractivity contribution in [2.45, 2.75) is 12.5 Å². The van der Waals surface area contributed by atoms with E-state index in [1.165, 1.54) is 4.57 Å². The lowest BCUT2D eigenvalue weighted by molar-refractivity contribution is -0.138. The molecule has 0 fully saturated rings. The van der Waals surface area contributed by atoms with Crippen LogP contribution in [0.3, 0.4) is 0 Å². The highest BCUT2D eigenvalue weighted by Crippen LogP contribution is 2.13. The standard InChI is InChI=1S/C11H13N3O3.ClH/c1-14-9-3-2-6(4-7(12)10(15)16)5-8(9)13-11(14)17;/h2-3,5,7H,4,12H2,1H3,(H,13,17)(H,15,16);1H. The van der Waals surface area contributed by atoms with Crippen LogP contribution in [0.25, 0.3) is 11.0 Å². The van der Waals surface area contributed by atoms with Crippen LogP contribution in [-0.4, -0.2) is 26.7 Å². The molecule has 0 radical (unpaired) electrons. The summed E-state index contributed by atoms with van der Waals surface area (Å²) in [5.41, 5.74) is 7.51. The number of hydrogen-bond acceptors (Lipinski definition) is 3. The van der Waals surface area contributed by atoms with Gasteiger partial charge in [0.1, 0.15) is 6.04 Å². The highest BCUT2D eigenvalue weighted by molar-refractivity contribution is 5.85. The van der Waals surface area contributed by atoms with Crippen LogP contribution in [-0.2, 0) is 18.3 Å². The first-order valence-corrected chi connectivity index (χ1v) is 5.15. The number of rotatable bonds is 3. The number of aliphatic carboxylic acids is 1. The second-order valence-corrected chi connectivity index (χ2v) is 3.99. The number of nitrogens with one attached hydrogen (secondary N) is 1. The minimum absolute atomic E-state index is 0. The van der Waals surface area contributed by atoms with Gasteiger partial charge in [0.2, 0.25) is 0 Å². The third kappa shape index (κ3) is 2.55. The summed E-state index contributed by atoms with van der Waals surface area (Å²) >= 11 is 0. The van der Waals surface area contributed by atoms with Gasteiger partial charge in [-0.3, -0.25) is 9.36 Å². The molecule has 0 aliphatic rings. The molecule has 0 saturated heterocycles. The molecular weight excluding hydrogens is 258 g/mol. The molecule has 1 unspecified atom stereocenters. The number of carboxylic acid groups (broad SMARTS) is 1. The van der Waals surface area contributed by atoms with Crippen molar-refractivity contribution < 1.29 is 9.90 Å². The van der Waals surface area contributed by atoms with Crippen LogP contribution in [0.4, 0.5) is 0 Å². The van der Waals surface area contributed by atoms with Crippen molar-refractivity contribution in [1.82, 2.24) is 9.55 Å². The molecule has 0 amide bonds. The Hall–Kier alpha value is -1.79. The predicted molar refractivity (Wildman–Crippen MR) is 70.1 cm³/mol. The van der Waals surface area contributed by atoms with Crippen molar-refractivity contribution in [2.24, 2.45) is 12.8 Å². The molecule has 0 saturated carbocycles. The largest absolute Gasteiger partial charge is 0.480 e. The van der Waals surface area contributed by atoms with Crippen LogP contribution < -0.4 is 11.4 Å². The third-order valence-electron chi connectivity index (χ3n) is 2.74. The molecule has 1 aromatic heterocycles. The summed E-state index contributed by atoms with van der Waals surface area (Å²) in [6.45, 7) is 0. The topological polar surface area (TPSA) is 101 Å². The number of benzene rings is 1. The van der Waals surface area contributed by atoms with E-state index in [-0.39, 0.29) is 24.5 Å². The number of aromatic nitrogens is 2. The van der Waals surface area contributed by atoms with Crippen molar-refractivity contribution in [2.75, 3.05) is 0 Å². The lowest BCUT2D eigenvalue weighted by atomic mass is 10.1. The number of carboxylic acids is 1. The van der Waals surface area contributed by atoms with Gasteiger partial charge in [-0.15, -0.1) is 12.4 Å². The van der Waals surface area contributed by atoms with Crippen LogP contribution in [0.15, 0.2) is 23.0 Å². The Labute approximate surface area is 109 Å². The molecule has 1 atom stereocenters. The molecule has 98 valence electrons. The molecule has 0 bridgehead atoms. The van der Waals surface area contributed by atoms with Gasteiger partial charge >= 0.3 is 11.7 Å². The summed E-state index contributed by atoms with van der Waals surface area (Å²) in [6, 6.07) is 4.37. The molecule has 2 rings (SSSR count). The average molecular weight is 272 g/mol. The number of carbonyl (C=O) groups is 1. The zero-order chi connectivity index (χ0) is 12.6. The second-order valence-electron chi connectivity index (χ2n) is 3.99. The SMILES string of the molecule is Cl.Cn1c(=O)[nH]c2cc(CC(N)C(=O)O)ccc21. The number of nitrogens with zero attached hydrogens (tertiary/aromatic N) is 1. The summed E-state index contributed by atoms with van der Waals surface area (Å²) < 4.78 is 1.50. The zero-order valence-electron chi connectivity index (χ0n) is 9.71. The van der Waals surface area contributed by atoms with E-state index in [2.05, 4.69) is 4.98 Å². The smallest absolute Gasteiger partial charge is 0.326 e. The third-order valence-corrected chi connectivity index (χ3v) is 2.74. The van der Waals surface area contributed by atoms with Gasteiger partial charge in [0.25, 0.3) is 0 Å². The van der Waals surface area contributed by atoms with Crippen LogP contribution in [0.1, 0.15) is 5.56 Å². The zero-order valence-corrected chi connectivity index (χ0v) is 10.5. The first-order chi connectivity index (χ1) is 7.99. The average Bonchev–Trinajstić information content (AvgIpc) is 2.54. The number of hydrogen-bond donors (Lipinski definition) is 3. The minimum Gasteiger partial charge on any atom is -0.480 e. The van der Waals surface area contributed by atoms with E-state index in [1.807, 2.05) is 0 Å². The number of imidazole rings is 1. The molecule has 2 aromatic rings. The monoisotopic (exact) mass is 271 g/mol. The van der Waals surface area contributed by atoms with Crippen LogP contribution in [0.5, 0.6) is 0 Å². The van der Waals surface area contributed by atoms with Crippen molar-refractivity contribution >= 4 is 29.4 Å². The normalized spacial score (nSPS) is 12.1. The van der Waals surface area contributed by atoms with E-state index in [0.29, 0.717) is 5.52 Å². The quantitative estimate of drug-likeness (QED) is 0.744. The molecule has 0 aliphatic heterocycles. The fourth-order valence-corrected chi connectivity index (χ4v) is 1.75. The molecule has 6 nitrogen and oxygen atoms in total. The fraction of sp³-hybridized carbons (Fsp3) is 0.273. The Kier molecular flexibility index (Phi) is 4.15. The Balaban J connectivity index is 0.00000162. The molecule has 18 heavy (non-hydrogen) atoms. The van der Waals surface area contributed by atoms with Crippen LogP contribution in [0, 0.1) is 0 Å². The molecule has 4 N–H and O–H groups in total. The lowest BCUT2D eigenvalue weighted by Gasteiger charge is -2.06. The Morgan fingerprint density at radius 2 is 2.22 bits per heavy atom. The van der Waals surface area contributed by atoms with E-state index in [9.17, 15) is 9.59 Å². The lowest BCUT2D eigenvalue weighted by Crippen LogP contribution is -2.32. The summed E-state index contributed by atoms with van der Waals surface area (Å²) in [5, 5.41) is 8.72. The van der Waals surface area contributed by atoms with Crippen LogP contribution >= 0.6 is 12.4 Å². The first kappa shape index (κ1) is 14.3. The number of H-pyrrole nitrogens is 1. The summed E-state index contributed by atoms with van der Waals surface area (Å²) in [6.07, 6.45) is 0.238. The summed E-state index contributed by atoms with van der Waals surface area (Å²) in [7, 11) is 1.67. The maximum Gasteiger partial charge on any atom is 0.326 e. The van der Waals surface area contributed by atoms with Gasteiger partial charge in [0.15, 0.2) is 0 Å². The number of halogens is 1. The van der Waals surface area contributed by atoms with E-state index in [0.717, 1.165) is 11.1 Å². The van der Waals surface area contributed by atoms with E-state index < -0.39 is 12.0 Å². The van der Waals surface area contributed by atoms with Crippen LogP contribution in [0.2, 0.25) is 0 Å². The molecule has 1 heterocycles. The van der Waals surface area contributed by atoms with Gasteiger partial charge < -0.3 is 15.8 Å². The maximum atomic E-state index is 11.4. The van der Waals surface area contributed by atoms with Gasteiger partial charge in [-0.1, -0.05) is 6.07 Å². The Morgan fingerprint density at radius 1 is 1.56 bits per heavy atom. The summed E-state index contributed by atoms with van der Waals surface area (Å²) in [5.74, 6) is -1.04. The summed E-state index contributed by atoms with van der Waals surface area (Å²) in [4.78, 5) is 24.7. The van der Waals surface area contributed by atoms with Crippen molar-refractivity contribution in [3.8, 4) is 0 Å². The Morgan fingerprint density at radius 3 is 2.83 bits per heavy atom. The van der Waals surface area contributed by atoms with E-state index in [4.69, 9.17) is 10.8 Å². The van der Waals surface area contributed by atoms with Gasteiger partial charge in [-0.05, 0) is 24.1 Å². The van der Waals surface area contributed by atoms with E-state index in [1.54, 1.807) is 25.2 Å². The number of aryl methyl sites for hydroxylation is 1. The molecule has 7 heteroatoms. The highest BCUT2D eigenvalue weighted by Gasteiger charge is 2.13.